The van der Waals surface area contributed by atoms with E-state index in [0.717, 1.165) is 36.1 Å². The number of hydrogen-bond acceptors (Lipinski definition) is 4. The van der Waals surface area contributed by atoms with Crippen LogP contribution in [-0.4, -0.2) is 52.3 Å². The van der Waals surface area contributed by atoms with Crippen molar-refractivity contribution in [1.82, 2.24) is 9.80 Å². The van der Waals surface area contributed by atoms with Gasteiger partial charge >= 0.3 is 0 Å². The topological polar surface area (TPSA) is 77.9 Å². The van der Waals surface area contributed by atoms with Crippen LogP contribution in [0, 0.1) is 11.8 Å². The van der Waals surface area contributed by atoms with Crippen LogP contribution in [0.1, 0.15) is 37.7 Å². The van der Waals surface area contributed by atoms with E-state index >= 15 is 0 Å². The quantitative estimate of drug-likeness (QED) is 0.679. The van der Waals surface area contributed by atoms with Gasteiger partial charge in [-0.2, -0.15) is 0 Å². The van der Waals surface area contributed by atoms with Crippen LogP contribution in [0.15, 0.2) is 18.2 Å². The fraction of sp³-hybridized carbons (Fsp3) is 0.550. The molecule has 1 aliphatic heterocycles. The maximum Gasteiger partial charge on any atom is 0.243 e. The van der Waals surface area contributed by atoms with E-state index in [1.54, 1.807) is 23.1 Å². The molecule has 1 saturated carbocycles. The van der Waals surface area contributed by atoms with Crippen molar-refractivity contribution in [2.24, 2.45) is 11.8 Å². The first-order valence-corrected chi connectivity index (χ1v) is 10.4. The monoisotopic (exact) mass is 426 g/mol. The third kappa shape index (κ3) is 4.50. The Morgan fingerprint density at radius 2 is 1.75 bits per heavy atom. The number of carbonyl (C=O) groups is 3. The first-order valence-electron chi connectivity index (χ1n) is 9.60. The third-order valence-corrected chi connectivity index (χ3v) is 6.26. The van der Waals surface area contributed by atoms with Gasteiger partial charge in [0.25, 0.3) is 0 Å². The second-order valence-corrected chi connectivity index (χ2v) is 8.22. The highest BCUT2D eigenvalue weighted by Crippen LogP contribution is 2.38. The summed E-state index contributed by atoms with van der Waals surface area (Å²) >= 11 is 12.0. The highest BCUT2D eigenvalue weighted by molar-refractivity contribution is 6.42. The summed E-state index contributed by atoms with van der Waals surface area (Å²) < 4.78 is 0. The van der Waals surface area contributed by atoms with E-state index in [-0.39, 0.29) is 49.3 Å². The number of aliphatic hydroxyl groups excluding tert-OH is 1. The van der Waals surface area contributed by atoms with Gasteiger partial charge in [-0.3, -0.25) is 19.3 Å². The molecule has 152 valence electrons. The number of nitrogens with zero attached hydrogens (tertiary/aromatic N) is 2. The molecule has 1 saturated heterocycles. The zero-order valence-corrected chi connectivity index (χ0v) is 17.1. The van der Waals surface area contributed by atoms with E-state index in [2.05, 4.69) is 0 Å². The smallest absolute Gasteiger partial charge is 0.243 e. The minimum absolute atomic E-state index is 0.0587. The van der Waals surface area contributed by atoms with Crippen LogP contribution < -0.4 is 0 Å². The molecule has 0 unspecified atom stereocenters. The van der Waals surface area contributed by atoms with Crippen LogP contribution in [0.5, 0.6) is 0 Å². The lowest BCUT2D eigenvalue weighted by atomic mass is 9.81. The van der Waals surface area contributed by atoms with Gasteiger partial charge in [-0.25, -0.2) is 0 Å². The minimum Gasteiger partial charge on any atom is -0.396 e. The van der Waals surface area contributed by atoms with Crippen molar-refractivity contribution in [3.63, 3.8) is 0 Å². The van der Waals surface area contributed by atoms with E-state index in [4.69, 9.17) is 28.3 Å². The van der Waals surface area contributed by atoms with Gasteiger partial charge in [-0.15, -0.1) is 0 Å². The molecule has 1 N–H and O–H groups in total. The van der Waals surface area contributed by atoms with Crippen molar-refractivity contribution in [2.45, 2.75) is 38.6 Å². The van der Waals surface area contributed by atoms with Crippen molar-refractivity contribution in [3.05, 3.63) is 33.8 Å². The number of halogens is 2. The summed E-state index contributed by atoms with van der Waals surface area (Å²) in [6, 6.07) is 5.12. The number of amides is 3. The lowest BCUT2D eigenvalue weighted by molar-refractivity contribution is -0.146. The number of rotatable bonds is 7. The molecular formula is C20H24Cl2N2O4. The van der Waals surface area contributed by atoms with Gasteiger partial charge in [0.1, 0.15) is 6.54 Å². The molecule has 2 atom stereocenters. The Bertz CT molecular complexity index is 747. The van der Waals surface area contributed by atoms with Crippen molar-refractivity contribution in [2.75, 3.05) is 19.7 Å². The van der Waals surface area contributed by atoms with E-state index in [1.807, 2.05) is 0 Å². The van der Waals surface area contributed by atoms with E-state index in [0.29, 0.717) is 23.0 Å². The molecule has 28 heavy (non-hydrogen) atoms. The maximum absolute atomic E-state index is 12.9. The molecule has 0 bridgehead atoms. The van der Waals surface area contributed by atoms with Gasteiger partial charge in [0.2, 0.25) is 17.7 Å². The zero-order chi connectivity index (χ0) is 20.3. The molecule has 8 heteroatoms. The number of hydrogen-bond donors (Lipinski definition) is 1. The Morgan fingerprint density at radius 1 is 1.11 bits per heavy atom. The first kappa shape index (κ1) is 21.1. The number of aliphatic hydroxyl groups is 1. The summed E-state index contributed by atoms with van der Waals surface area (Å²) in [7, 11) is 0. The second kappa shape index (κ2) is 9.25. The van der Waals surface area contributed by atoms with E-state index < -0.39 is 0 Å². The number of imide groups is 1. The average molecular weight is 427 g/mol. The summed E-state index contributed by atoms with van der Waals surface area (Å²) in [6.45, 7) is 0.270. The molecule has 1 aliphatic carbocycles. The van der Waals surface area contributed by atoms with Crippen LogP contribution in [-0.2, 0) is 20.9 Å². The lowest BCUT2D eigenvalue weighted by Gasteiger charge is -2.25. The Kier molecular flexibility index (Phi) is 6.96. The molecule has 1 heterocycles. The van der Waals surface area contributed by atoms with Crippen molar-refractivity contribution >= 4 is 40.9 Å². The molecule has 0 radical (unpaired) electrons. The molecule has 2 aliphatic rings. The fourth-order valence-corrected chi connectivity index (χ4v) is 4.35. The zero-order valence-electron chi connectivity index (χ0n) is 15.6. The van der Waals surface area contributed by atoms with Gasteiger partial charge in [0.05, 0.1) is 21.9 Å². The number of carbonyl (C=O) groups excluding carboxylic acids is 3. The Morgan fingerprint density at radius 3 is 2.32 bits per heavy atom. The predicted molar refractivity (Wildman–Crippen MR) is 106 cm³/mol. The molecule has 1 aromatic carbocycles. The van der Waals surface area contributed by atoms with Gasteiger partial charge < -0.3 is 10.0 Å². The van der Waals surface area contributed by atoms with Gasteiger partial charge in [0, 0.05) is 19.7 Å². The molecule has 6 nitrogen and oxygen atoms in total. The highest BCUT2D eigenvalue weighted by Gasteiger charge is 2.48. The van der Waals surface area contributed by atoms with Crippen molar-refractivity contribution in [3.8, 4) is 0 Å². The second-order valence-electron chi connectivity index (χ2n) is 7.40. The normalized spacial score (nSPS) is 21.8. The van der Waals surface area contributed by atoms with E-state index in [9.17, 15) is 14.4 Å². The van der Waals surface area contributed by atoms with Crippen molar-refractivity contribution < 1.29 is 19.5 Å². The molecular weight excluding hydrogens is 403 g/mol. The molecule has 3 rings (SSSR count). The van der Waals surface area contributed by atoms with E-state index in [1.165, 1.54) is 0 Å². The molecule has 0 spiro atoms. The first-order chi connectivity index (χ1) is 13.4. The Balaban J connectivity index is 1.71. The average Bonchev–Trinajstić information content (AvgIpc) is 2.93. The van der Waals surface area contributed by atoms with Gasteiger partial charge in [-0.05, 0) is 37.0 Å². The third-order valence-electron chi connectivity index (χ3n) is 5.52. The summed E-state index contributed by atoms with van der Waals surface area (Å²) in [6.07, 6.45) is 3.74. The standard InChI is InChI=1S/C20H24Cl2N2O4/c21-16-7-6-13(10-17(16)22)11-23(8-3-9-25)18(26)12-24-19(27)14-4-1-2-5-15(14)20(24)28/h6-7,10,14-15,25H,1-5,8-9,11-12H2/t14-,15+. The summed E-state index contributed by atoms with van der Waals surface area (Å²) in [5, 5.41) is 9.97. The van der Waals surface area contributed by atoms with Crippen LogP contribution in [0.3, 0.4) is 0 Å². The Labute approximate surface area is 174 Å². The largest absolute Gasteiger partial charge is 0.396 e. The van der Waals surface area contributed by atoms with Crippen LogP contribution in [0.25, 0.3) is 0 Å². The predicted octanol–water partition coefficient (Wildman–Crippen LogP) is 2.88. The fourth-order valence-electron chi connectivity index (χ4n) is 4.03. The SMILES string of the molecule is O=C(CN1C(=O)[C@H]2CCCC[C@H]2C1=O)N(CCCO)Cc1ccc(Cl)c(Cl)c1. The van der Waals surface area contributed by atoms with Crippen LogP contribution in [0.2, 0.25) is 10.0 Å². The molecule has 3 amide bonds. The molecule has 1 aromatic rings. The summed E-state index contributed by atoms with van der Waals surface area (Å²) in [5.74, 6) is -1.30. The Hall–Kier alpha value is -1.63. The highest BCUT2D eigenvalue weighted by atomic mass is 35.5. The minimum atomic E-state index is -0.320. The summed E-state index contributed by atoms with van der Waals surface area (Å²) in [4.78, 5) is 40.8. The molecule has 2 fully saturated rings. The summed E-state index contributed by atoms with van der Waals surface area (Å²) in [5.41, 5.74) is 0.786. The number of benzene rings is 1. The van der Waals surface area contributed by atoms with Crippen LogP contribution in [0.4, 0.5) is 0 Å². The number of fused-ring (bicyclic) bond motifs is 1. The van der Waals surface area contributed by atoms with Gasteiger partial charge in [-0.1, -0.05) is 42.1 Å². The van der Waals surface area contributed by atoms with Crippen molar-refractivity contribution in [1.29, 1.82) is 0 Å². The van der Waals surface area contributed by atoms with Crippen LogP contribution >= 0.6 is 23.2 Å². The maximum atomic E-state index is 12.9. The number of likely N-dealkylation sites (tertiary alicyclic amines) is 1. The lowest BCUT2D eigenvalue weighted by Crippen LogP contribution is -2.43. The molecule has 0 aromatic heterocycles. The van der Waals surface area contributed by atoms with Gasteiger partial charge in [0.15, 0.2) is 0 Å².